The molecule has 3 rings (SSSR count). The van der Waals surface area contributed by atoms with E-state index >= 15 is 0 Å². The van der Waals surface area contributed by atoms with Crippen LogP contribution in [-0.4, -0.2) is 24.3 Å². The molecule has 2 unspecified atom stereocenters. The molecule has 7 nitrogen and oxygen atoms in total. The van der Waals surface area contributed by atoms with Crippen LogP contribution in [0.3, 0.4) is 0 Å². The molecule has 0 radical (unpaired) electrons. The number of amides is 2. The molecular formula is C17H21N5O2. The van der Waals surface area contributed by atoms with Crippen LogP contribution < -0.4 is 26.2 Å². The molecule has 2 aromatic rings. The molecule has 1 aromatic carbocycles. The first-order valence-corrected chi connectivity index (χ1v) is 7.83. The highest BCUT2D eigenvalue weighted by atomic mass is 16.5. The summed E-state index contributed by atoms with van der Waals surface area (Å²) in [6.45, 7) is 0.441. The molecule has 2 atom stereocenters. The van der Waals surface area contributed by atoms with Crippen molar-refractivity contribution in [2.75, 3.05) is 7.11 Å². The van der Waals surface area contributed by atoms with Gasteiger partial charge in [0.25, 0.3) is 0 Å². The molecule has 126 valence electrons. The van der Waals surface area contributed by atoms with Gasteiger partial charge < -0.3 is 15.4 Å². The van der Waals surface area contributed by atoms with Crippen LogP contribution in [0.5, 0.6) is 5.75 Å². The van der Waals surface area contributed by atoms with E-state index in [2.05, 4.69) is 26.5 Å². The van der Waals surface area contributed by atoms with Gasteiger partial charge in [-0.3, -0.25) is 4.98 Å². The highest BCUT2D eigenvalue weighted by Crippen LogP contribution is 2.20. The van der Waals surface area contributed by atoms with E-state index in [1.807, 2.05) is 36.4 Å². The second-order valence-corrected chi connectivity index (χ2v) is 5.59. The zero-order valence-electron chi connectivity index (χ0n) is 13.5. The lowest BCUT2D eigenvalue weighted by Gasteiger charge is -2.13. The number of pyridine rings is 1. The fourth-order valence-corrected chi connectivity index (χ4v) is 2.64. The van der Waals surface area contributed by atoms with Crippen molar-refractivity contribution < 1.29 is 9.53 Å². The Hall–Kier alpha value is -2.64. The van der Waals surface area contributed by atoms with Gasteiger partial charge in [-0.15, -0.1) is 0 Å². The summed E-state index contributed by atoms with van der Waals surface area (Å²) in [6.07, 6.45) is 4.15. The average molecular weight is 327 g/mol. The minimum Gasteiger partial charge on any atom is -0.497 e. The number of nitrogens with zero attached hydrogens (tertiary/aromatic N) is 1. The van der Waals surface area contributed by atoms with Crippen LogP contribution in [0.25, 0.3) is 0 Å². The number of hydrogen-bond donors (Lipinski definition) is 4. The number of carbonyl (C=O) groups excluding carboxylic acids is 1. The molecule has 1 saturated heterocycles. The number of hydrazine groups is 1. The summed E-state index contributed by atoms with van der Waals surface area (Å²) < 4.78 is 5.17. The molecular weight excluding hydrogens is 306 g/mol. The van der Waals surface area contributed by atoms with Crippen LogP contribution >= 0.6 is 0 Å². The molecule has 24 heavy (non-hydrogen) atoms. The van der Waals surface area contributed by atoms with E-state index in [-0.39, 0.29) is 18.2 Å². The monoisotopic (exact) mass is 327 g/mol. The number of aromatic nitrogens is 1. The molecule has 0 bridgehead atoms. The normalized spacial score (nSPS) is 19.7. The van der Waals surface area contributed by atoms with Crippen molar-refractivity contribution in [2.45, 2.75) is 25.2 Å². The summed E-state index contributed by atoms with van der Waals surface area (Å²) >= 11 is 0. The van der Waals surface area contributed by atoms with Crippen molar-refractivity contribution in [2.24, 2.45) is 0 Å². The van der Waals surface area contributed by atoms with E-state index in [4.69, 9.17) is 4.74 Å². The first-order valence-electron chi connectivity index (χ1n) is 7.83. The Kier molecular flexibility index (Phi) is 5.25. The van der Waals surface area contributed by atoms with Crippen LogP contribution in [-0.2, 0) is 6.54 Å². The minimum atomic E-state index is -0.215. The lowest BCUT2D eigenvalue weighted by atomic mass is 10.1. The maximum absolute atomic E-state index is 12.0. The van der Waals surface area contributed by atoms with E-state index in [1.165, 1.54) is 0 Å². The average Bonchev–Trinajstić information content (AvgIpc) is 3.09. The maximum atomic E-state index is 12.0. The van der Waals surface area contributed by atoms with Crippen molar-refractivity contribution in [1.29, 1.82) is 0 Å². The van der Waals surface area contributed by atoms with E-state index in [0.29, 0.717) is 6.54 Å². The van der Waals surface area contributed by atoms with Crippen molar-refractivity contribution >= 4 is 6.03 Å². The Morgan fingerprint density at radius 3 is 2.92 bits per heavy atom. The molecule has 0 spiro atoms. The Balaban J connectivity index is 1.45. The molecule has 2 amide bonds. The summed E-state index contributed by atoms with van der Waals surface area (Å²) in [7, 11) is 1.62. The quantitative estimate of drug-likeness (QED) is 0.668. The smallest absolute Gasteiger partial charge is 0.316 e. The van der Waals surface area contributed by atoms with Crippen LogP contribution in [0.2, 0.25) is 0 Å². The number of methoxy groups -OCH3 is 1. The molecule has 0 saturated carbocycles. The van der Waals surface area contributed by atoms with Gasteiger partial charge in [0, 0.05) is 31.4 Å². The van der Waals surface area contributed by atoms with Gasteiger partial charge in [-0.25, -0.2) is 15.6 Å². The third kappa shape index (κ3) is 4.21. The van der Waals surface area contributed by atoms with Gasteiger partial charge in [0.05, 0.1) is 13.3 Å². The van der Waals surface area contributed by atoms with Crippen LogP contribution in [0.1, 0.15) is 23.6 Å². The number of carbonyl (C=O) groups is 1. The van der Waals surface area contributed by atoms with Crippen molar-refractivity contribution in [3.63, 3.8) is 0 Å². The Morgan fingerprint density at radius 1 is 1.29 bits per heavy atom. The van der Waals surface area contributed by atoms with Crippen molar-refractivity contribution in [3.05, 3.63) is 59.9 Å². The Labute approximate surface area is 140 Å². The molecule has 7 heteroatoms. The molecule has 2 heterocycles. The van der Waals surface area contributed by atoms with Gasteiger partial charge in [0.2, 0.25) is 0 Å². The molecule has 1 aliphatic heterocycles. The van der Waals surface area contributed by atoms with E-state index in [1.54, 1.807) is 19.5 Å². The van der Waals surface area contributed by atoms with Gasteiger partial charge in [-0.2, -0.15) is 0 Å². The molecule has 4 N–H and O–H groups in total. The van der Waals surface area contributed by atoms with Crippen molar-refractivity contribution in [1.82, 2.24) is 26.5 Å². The summed E-state index contributed by atoms with van der Waals surface area (Å²) in [5.74, 6) is 0.775. The lowest BCUT2D eigenvalue weighted by molar-refractivity contribution is 0.235. The van der Waals surface area contributed by atoms with E-state index in [0.717, 1.165) is 23.3 Å². The zero-order valence-corrected chi connectivity index (χ0v) is 13.5. The maximum Gasteiger partial charge on any atom is 0.316 e. The summed E-state index contributed by atoms with van der Waals surface area (Å²) in [5, 5.41) is 5.76. The standard InChI is InChI=1S/C17H21N5O2/c1-24-14-4-2-3-12(9-14)11-19-17(23)20-16-10-15(21-22-16)13-5-7-18-8-6-13/h2-9,15-16,21-22H,10-11H2,1H3,(H2,19,20,23). The fraction of sp³-hybridized carbons (Fsp3) is 0.294. The molecule has 1 aromatic heterocycles. The highest BCUT2D eigenvalue weighted by Gasteiger charge is 2.25. The van der Waals surface area contributed by atoms with Crippen LogP contribution in [0.4, 0.5) is 4.79 Å². The van der Waals surface area contributed by atoms with Gasteiger partial charge in [-0.05, 0) is 35.4 Å². The van der Waals surface area contributed by atoms with Gasteiger partial charge in [0.15, 0.2) is 0 Å². The van der Waals surface area contributed by atoms with E-state index < -0.39 is 0 Å². The molecule has 1 fully saturated rings. The zero-order chi connectivity index (χ0) is 16.8. The number of hydrogen-bond acceptors (Lipinski definition) is 5. The van der Waals surface area contributed by atoms with Crippen molar-refractivity contribution in [3.8, 4) is 5.75 Å². The number of rotatable bonds is 5. The highest BCUT2D eigenvalue weighted by molar-refractivity contribution is 5.74. The summed E-state index contributed by atoms with van der Waals surface area (Å²) in [5.41, 5.74) is 8.39. The second-order valence-electron chi connectivity index (χ2n) is 5.59. The topological polar surface area (TPSA) is 87.3 Å². The first-order chi connectivity index (χ1) is 11.7. The number of urea groups is 1. The van der Waals surface area contributed by atoms with Gasteiger partial charge >= 0.3 is 6.03 Å². The lowest BCUT2D eigenvalue weighted by Crippen LogP contribution is -2.48. The van der Waals surface area contributed by atoms with Gasteiger partial charge in [0.1, 0.15) is 5.75 Å². The van der Waals surface area contributed by atoms with Crippen LogP contribution in [0.15, 0.2) is 48.8 Å². The number of benzene rings is 1. The van der Waals surface area contributed by atoms with Gasteiger partial charge in [-0.1, -0.05) is 12.1 Å². The van der Waals surface area contributed by atoms with Crippen LogP contribution in [0, 0.1) is 0 Å². The Morgan fingerprint density at radius 2 is 2.12 bits per heavy atom. The van der Waals surface area contributed by atoms with E-state index in [9.17, 15) is 4.79 Å². The fourth-order valence-electron chi connectivity index (χ4n) is 2.64. The first kappa shape index (κ1) is 16.2. The predicted molar refractivity (Wildman–Crippen MR) is 90.0 cm³/mol. The molecule has 0 aliphatic carbocycles. The third-order valence-electron chi connectivity index (χ3n) is 3.90. The molecule has 1 aliphatic rings. The minimum absolute atomic E-state index is 0.131. The predicted octanol–water partition coefficient (Wildman–Crippen LogP) is 1.45. The largest absolute Gasteiger partial charge is 0.497 e. The SMILES string of the molecule is COc1cccc(CNC(=O)NC2CC(c3ccncc3)NN2)c1. The summed E-state index contributed by atoms with van der Waals surface area (Å²) in [6, 6.07) is 11.5. The summed E-state index contributed by atoms with van der Waals surface area (Å²) in [4.78, 5) is 16.1. The Bertz CT molecular complexity index is 680. The second kappa shape index (κ2) is 7.76. The number of ether oxygens (including phenoxy) is 1. The number of nitrogens with one attached hydrogen (secondary N) is 4. The third-order valence-corrected chi connectivity index (χ3v) is 3.90.